The monoisotopic (exact) mass is 394 g/mol. The fourth-order valence-electron chi connectivity index (χ4n) is 2.34. The van der Waals surface area contributed by atoms with Crippen LogP contribution in [0.5, 0.6) is 0 Å². The normalized spacial score (nSPS) is 12.6. The van der Waals surface area contributed by atoms with Crippen molar-refractivity contribution < 1.29 is 35.5 Å². The maximum absolute atomic E-state index is 13.5. The largest absolute Gasteiger partial charge is 0.420 e. The minimum atomic E-state index is -5.83. The molecule has 0 fully saturated rings. The van der Waals surface area contributed by atoms with Gasteiger partial charge in [-0.2, -0.15) is 26.3 Å². The van der Waals surface area contributed by atoms with Gasteiger partial charge in [-0.3, -0.25) is 0 Å². The second-order valence-corrected chi connectivity index (χ2v) is 5.65. The van der Waals surface area contributed by atoms with Crippen LogP contribution >= 0.6 is 0 Å². The van der Waals surface area contributed by atoms with Gasteiger partial charge in [0.15, 0.2) is 0 Å². The summed E-state index contributed by atoms with van der Waals surface area (Å²) in [6, 6.07) is 8.22. The minimum Gasteiger partial charge on any atom is -0.316 e. The summed E-state index contributed by atoms with van der Waals surface area (Å²) in [6.45, 7) is 0. The first kappa shape index (κ1) is 20.5. The first-order valence-corrected chi connectivity index (χ1v) is 7.47. The van der Waals surface area contributed by atoms with Crippen LogP contribution in [0.4, 0.5) is 41.2 Å². The molecule has 0 aliphatic heterocycles. The van der Waals surface area contributed by atoms with Crippen LogP contribution in [0.2, 0.25) is 0 Å². The second-order valence-electron chi connectivity index (χ2n) is 5.65. The molecule has 0 heterocycles. The van der Waals surface area contributed by atoms with Crippen LogP contribution in [0.3, 0.4) is 0 Å². The summed E-state index contributed by atoms with van der Waals surface area (Å²) in [6.07, 6.45) is -13.2. The van der Waals surface area contributed by atoms with Gasteiger partial charge in [0.05, 0.1) is 0 Å². The van der Waals surface area contributed by atoms with Gasteiger partial charge in [-0.25, -0.2) is 9.18 Å². The van der Waals surface area contributed by atoms with E-state index in [1.807, 2.05) is 5.32 Å². The summed E-state index contributed by atoms with van der Waals surface area (Å²) in [5.41, 5.74) is -4.95. The molecule has 2 rings (SSSR count). The van der Waals surface area contributed by atoms with Crippen LogP contribution in [0.1, 0.15) is 5.56 Å². The van der Waals surface area contributed by atoms with Crippen molar-refractivity contribution in [3.63, 3.8) is 0 Å². The third kappa shape index (κ3) is 4.69. The smallest absolute Gasteiger partial charge is 0.316 e. The molecule has 0 aromatic heterocycles. The Bertz CT molecular complexity index is 757. The average Bonchev–Trinajstić information content (AvgIpc) is 2.55. The molecule has 0 aliphatic rings. The molecule has 27 heavy (non-hydrogen) atoms. The third-order valence-corrected chi connectivity index (χ3v) is 3.71. The van der Waals surface area contributed by atoms with Gasteiger partial charge in [0.1, 0.15) is 5.82 Å². The summed E-state index contributed by atoms with van der Waals surface area (Å²) in [5, 5.41) is 2.87. The molecule has 0 saturated carbocycles. The molecule has 0 spiro atoms. The number of urea groups is 1. The van der Waals surface area contributed by atoms with E-state index >= 15 is 0 Å². The second kappa shape index (κ2) is 7.45. The van der Waals surface area contributed by atoms with Crippen molar-refractivity contribution in [2.24, 2.45) is 0 Å². The maximum atomic E-state index is 13.5. The van der Waals surface area contributed by atoms with Crippen molar-refractivity contribution in [2.45, 2.75) is 24.3 Å². The first-order chi connectivity index (χ1) is 12.4. The SMILES string of the molecule is O=C(Nc1ccc(F)cc1)NC(Cc1ccccc1)(C(F)(F)F)C(F)(F)F. The lowest BCUT2D eigenvalue weighted by Gasteiger charge is -2.38. The van der Waals surface area contributed by atoms with Gasteiger partial charge >= 0.3 is 18.4 Å². The van der Waals surface area contributed by atoms with Crippen molar-refractivity contribution in [1.82, 2.24) is 5.32 Å². The van der Waals surface area contributed by atoms with Crippen LogP contribution in [0.15, 0.2) is 54.6 Å². The van der Waals surface area contributed by atoms with Crippen LogP contribution < -0.4 is 10.6 Å². The molecule has 2 aromatic carbocycles. The zero-order chi connectivity index (χ0) is 20.3. The molecule has 0 unspecified atom stereocenters. The number of rotatable bonds is 4. The van der Waals surface area contributed by atoms with Gasteiger partial charge in [-0.1, -0.05) is 30.3 Å². The molecule has 0 aliphatic carbocycles. The Balaban J connectivity index is 2.36. The van der Waals surface area contributed by atoms with Crippen molar-refractivity contribution in [3.05, 3.63) is 66.0 Å². The van der Waals surface area contributed by atoms with Gasteiger partial charge in [0.25, 0.3) is 0 Å². The topological polar surface area (TPSA) is 41.1 Å². The molecular weight excluding hydrogens is 381 g/mol. The van der Waals surface area contributed by atoms with Crippen LogP contribution in [-0.2, 0) is 6.42 Å². The number of carbonyl (C=O) groups excluding carboxylic acids is 1. The molecule has 2 aromatic rings. The predicted molar refractivity (Wildman–Crippen MR) is 83.5 cm³/mol. The van der Waals surface area contributed by atoms with Crippen LogP contribution in [0.25, 0.3) is 0 Å². The van der Waals surface area contributed by atoms with Crippen LogP contribution in [-0.4, -0.2) is 23.9 Å². The number of halogens is 7. The van der Waals surface area contributed by atoms with E-state index < -0.39 is 36.2 Å². The van der Waals surface area contributed by atoms with Crippen LogP contribution in [0, 0.1) is 5.82 Å². The summed E-state index contributed by atoms with van der Waals surface area (Å²) in [7, 11) is 0. The molecule has 2 N–H and O–H groups in total. The number of amides is 2. The molecule has 0 saturated heterocycles. The highest BCUT2D eigenvalue weighted by molar-refractivity contribution is 5.90. The summed E-state index contributed by atoms with van der Waals surface area (Å²) in [5.74, 6) is -0.690. The van der Waals surface area contributed by atoms with Crippen molar-refractivity contribution in [2.75, 3.05) is 5.32 Å². The lowest BCUT2D eigenvalue weighted by molar-refractivity contribution is -0.303. The summed E-state index contributed by atoms with van der Waals surface area (Å²) in [4.78, 5) is 11.9. The highest BCUT2D eigenvalue weighted by Gasteiger charge is 2.71. The van der Waals surface area contributed by atoms with Crippen molar-refractivity contribution >= 4 is 11.7 Å². The summed E-state index contributed by atoms with van der Waals surface area (Å²) >= 11 is 0. The molecule has 0 atom stereocenters. The molecule has 3 nitrogen and oxygen atoms in total. The van der Waals surface area contributed by atoms with Crippen molar-refractivity contribution in [1.29, 1.82) is 0 Å². The standard InChI is InChI=1S/C17H13F7N2O/c18-12-6-8-13(9-7-12)25-14(27)26-15(16(19,20)21,17(22,23)24)10-11-4-2-1-3-5-11/h1-9H,10H2,(H2,25,26,27). The third-order valence-electron chi connectivity index (χ3n) is 3.71. The first-order valence-electron chi connectivity index (χ1n) is 7.47. The summed E-state index contributed by atoms with van der Waals surface area (Å²) < 4.78 is 93.8. The quantitative estimate of drug-likeness (QED) is 0.700. The number of carbonyl (C=O) groups is 1. The number of alkyl halides is 6. The van der Waals surface area contributed by atoms with E-state index in [9.17, 15) is 35.5 Å². The number of anilines is 1. The van der Waals surface area contributed by atoms with E-state index in [2.05, 4.69) is 0 Å². The van der Waals surface area contributed by atoms with Gasteiger partial charge < -0.3 is 10.6 Å². The Kier molecular flexibility index (Phi) is 5.67. The zero-order valence-corrected chi connectivity index (χ0v) is 13.5. The van der Waals surface area contributed by atoms with Gasteiger partial charge in [-0.05, 0) is 29.8 Å². The Morgan fingerprint density at radius 3 is 1.81 bits per heavy atom. The Hall–Kier alpha value is -2.78. The molecule has 146 valence electrons. The number of hydrogen-bond acceptors (Lipinski definition) is 1. The Morgan fingerprint density at radius 2 is 1.33 bits per heavy atom. The van der Waals surface area contributed by atoms with Gasteiger partial charge in [0, 0.05) is 12.1 Å². The van der Waals surface area contributed by atoms with E-state index in [4.69, 9.17) is 0 Å². The van der Waals surface area contributed by atoms with Gasteiger partial charge in [0.2, 0.25) is 5.54 Å². The Morgan fingerprint density at radius 1 is 0.815 bits per heavy atom. The predicted octanol–water partition coefficient (Wildman–Crippen LogP) is 5.05. The number of benzene rings is 2. The lowest BCUT2D eigenvalue weighted by Crippen LogP contribution is -2.69. The number of nitrogens with one attached hydrogen (secondary N) is 2. The van der Waals surface area contributed by atoms with Gasteiger partial charge in [-0.15, -0.1) is 0 Å². The van der Waals surface area contributed by atoms with E-state index in [-0.39, 0.29) is 11.3 Å². The maximum Gasteiger partial charge on any atom is 0.420 e. The highest BCUT2D eigenvalue weighted by Crippen LogP contribution is 2.45. The van der Waals surface area contributed by atoms with E-state index in [1.54, 1.807) is 0 Å². The zero-order valence-electron chi connectivity index (χ0n) is 13.5. The molecule has 0 bridgehead atoms. The Labute approximate surface area is 149 Å². The lowest BCUT2D eigenvalue weighted by atomic mass is 9.89. The molecular formula is C17H13F7N2O. The average molecular weight is 394 g/mol. The fraction of sp³-hybridized carbons (Fsp3) is 0.235. The molecule has 2 amide bonds. The van der Waals surface area contributed by atoms with E-state index in [0.29, 0.717) is 0 Å². The molecule has 10 heteroatoms. The minimum absolute atomic E-state index is 0.174. The van der Waals surface area contributed by atoms with Crippen molar-refractivity contribution in [3.8, 4) is 0 Å². The van der Waals surface area contributed by atoms with E-state index in [1.165, 1.54) is 18.2 Å². The molecule has 0 radical (unpaired) electrons. The van der Waals surface area contributed by atoms with E-state index in [0.717, 1.165) is 41.7 Å². The fourth-order valence-corrected chi connectivity index (χ4v) is 2.34. The number of hydrogen-bond donors (Lipinski definition) is 2. The highest BCUT2D eigenvalue weighted by atomic mass is 19.4.